The number of nitrogens with one attached hydrogen (secondary N) is 2. The van der Waals surface area contributed by atoms with Crippen molar-refractivity contribution in [1.82, 2.24) is 10.6 Å². The Hall–Kier alpha value is -1.68. The molecule has 3 nitrogen and oxygen atoms in total. The molecule has 3 N–H and O–H groups in total. The lowest BCUT2D eigenvalue weighted by molar-refractivity contribution is 0.174. The first-order valence-corrected chi connectivity index (χ1v) is 9.04. The summed E-state index contributed by atoms with van der Waals surface area (Å²) in [4.78, 5) is 0. The Labute approximate surface area is 152 Å². The molecule has 0 bridgehead atoms. The van der Waals surface area contributed by atoms with E-state index in [2.05, 4.69) is 85.1 Å². The lowest BCUT2D eigenvalue weighted by atomic mass is 9.94. The highest BCUT2D eigenvalue weighted by Gasteiger charge is 2.26. The molecule has 25 heavy (non-hydrogen) atoms. The summed E-state index contributed by atoms with van der Waals surface area (Å²) in [5.74, 6) is 0. The topological polar surface area (TPSA) is 44.3 Å². The first-order valence-electron chi connectivity index (χ1n) is 9.04. The smallest absolute Gasteiger partial charge is 0.0607 e. The van der Waals surface area contributed by atoms with Crippen LogP contribution in [0.4, 0.5) is 0 Å². The molecule has 0 aromatic heterocycles. The molecule has 2 aromatic rings. The van der Waals surface area contributed by atoms with Crippen molar-refractivity contribution in [1.29, 1.82) is 0 Å². The van der Waals surface area contributed by atoms with E-state index in [1.165, 1.54) is 11.1 Å². The minimum absolute atomic E-state index is 0.109. The summed E-state index contributed by atoms with van der Waals surface area (Å²) in [5, 5.41) is 16.7. The first kappa shape index (κ1) is 19.6. The minimum atomic E-state index is -0.277. The number of benzene rings is 2. The van der Waals surface area contributed by atoms with Crippen LogP contribution >= 0.6 is 0 Å². The van der Waals surface area contributed by atoms with Crippen molar-refractivity contribution in [3.05, 3.63) is 71.8 Å². The Morgan fingerprint density at radius 3 is 1.96 bits per heavy atom. The van der Waals surface area contributed by atoms with E-state index >= 15 is 0 Å². The summed E-state index contributed by atoms with van der Waals surface area (Å²) in [7, 11) is 0. The molecule has 3 heteroatoms. The van der Waals surface area contributed by atoms with Crippen molar-refractivity contribution >= 4 is 0 Å². The van der Waals surface area contributed by atoms with E-state index in [-0.39, 0.29) is 23.7 Å². The Balaban J connectivity index is 2.12. The number of aliphatic hydroxyl groups excluding tert-OH is 1. The largest absolute Gasteiger partial charge is 0.394 e. The van der Waals surface area contributed by atoms with Crippen LogP contribution in [0.5, 0.6) is 0 Å². The van der Waals surface area contributed by atoms with Gasteiger partial charge in [-0.3, -0.25) is 0 Å². The van der Waals surface area contributed by atoms with Crippen molar-refractivity contribution in [2.75, 3.05) is 13.2 Å². The van der Waals surface area contributed by atoms with Crippen LogP contribution in [0.2, 0.25) is 0 Å². The molecule has 0 radical (unpaired) electrons. The Morgan fingerprint density at radius 1 is 0.840 bits per heavy atom. The van der Waals surface area contributed by atoms with Crippen molar-refractivity contribution in [3.8, 4) is 0 Å². The molecule has 0 unspecified atom stereocenters. The fourth-order valence-corrected chi connectivity index (χ4v) is 2.83. The van der Waals surface area contributed by atoms with Gasteiger partial charge in [0.05, 0.1) is 6.61 Å². The van der Waals surface area contributed by atoms with E-state index in [1.807, 2.05) is 13.8 Å². The summed E-state index contributed by atoms with van der Waals surface area (Å²) in [6.07, 6.45) is 0.942. The highest BCUT2D eigenvalue weighted by Crippen LogP contribution is 2.21. The average Bonchev–Trinajstić information content (AvgIpc) is 2.61. The van der Waals surface area contributed by atoms with Crippen molar-refractivity contribution in [2.45, 2.75) is 51.2 Å². The second kappa shape index (κ2) is 8.61. The van der Waals surface area contributed by atoms with Gasteiger partial charge in [-0.1, -0.05) is 60.7 Å². The van der Waals surface area contributed by atoms with E-state index < -0.39 is 0 Å². The van der Waals surface area contributed by atoms with Crippen LogP contribution < -0.4 is 10.6 Å². The molecule has 0 aliphatic carbocycles. The zero-order valence-electron chi connectivity index (χ0n) is 15.9. The lowest BCUT2D eigenvalue weighted by Gasteiger charge is -2.36. The quantitative estimate of drug-likeness (QED) is 0.652. The van der Waals surface area contributed by atoms with E-state index in [0.717, 1.165) is 13.0 Å². The van der Waals surface area contributed by atoms with E-state index in [0.29, 0.717) is 0 Å². The molecule has 2 rings (SSSR count). The summed E-state index contributed by atoms with van der Waals surface area (Å²) in [6.45, 7) is 9.33. The minimum Gasteiger partial charge on any atom is -0.394 e. The fourth-order valence-electron chi connectivity index (χ4n) is 2.83. The predicted molar refractivity (Wildman–Crippen MR) is 106 cm³/mol. The van der Waals surface area contributed by atoms with Gasteiger partial charge in [0.25, 0.3) is 0 Å². The summed E-state index contributed by atoms with van der Waals surface area (Å²) >= 11 is 0. The van der Waals surface area contributed by atoms with Gasteiger partial charge in [-0.15, -0.1) is 0 Å². The van der Waals surface area contributed by atoms with Gasteiger partial charge in [0.2, 0.25) is 0 Å². The van der Waals surface area contributed by atoms with Crippen LogP contribution in [0.25, 0.3) is 0 Å². The fraction of sp³-hybridized carbons (Fsp3) is 0.455. The normalized spacial score (nSPS) is 13.6. The molecule has 0 aliphatic rings. The van der Waals surface area contributed by atoms with Gasteiger partial charge in [0, 0.05) is 23.7 Å². The van der Waals surface area contributed by atoms with Crippen molar-refractivity contribution in [3.63, 3.8) is 0 Å². The Morgan fingerprint density at radius 2 is 1.40 bits per heavy atom. The molecule has 0 heterocycles. The van der Waals surface area contributed by atoms with Crippen molar-refractivity contribution in [2.24, 2.45) is 0 Å². The maximum Gasteiger partial charge on any atom is 0.0607 e. The second-order valence-corrected chi connectivity index (χ2v) is 8.08. The molecular formula is C22H32N2O. The zero-order chi connectivity index (χ0) is 18.3. The summed E-state index contributed by atoms with van der Waals surface area (Å²) < 4.78 is 0. The Kier molecular flexibility index (Phi) is 6.77. The van der Waals surface area contributed by atoms with Gasteiger partial charge in [-0.05, 0) is 45.2 Å². The van der Waals surface area contributed by atoms with Crippen LogP contribution in [-0.4, -0.2) is 29.3 Å². The van der Waals surface area contributed by atoms with Crippen LogP contribution in [0.1, 0.15) is 44.9 Å². The third-order valence-corrected chi connectivity index (χ3v) is 4.45. The standard InChI is InChI=1S/C22H32N2O/c1-21(2,16-23-22(3,4)17-25)24-20(19-13-9-6-10-14-19)15-18-11-7-5-8-12-18/h5-14,20,23-25H,15-17H2,1-4H3/t20-/m1/s1. The van der Waals surface area contributed by atoms with Crippen LogP contribution in [0.15, 0.2) is 60.7 Å². The van der Waals surface area contributed by atoms with Gasteiger partial charge in [0.1, 0.15) is 0 Å². The maximum atomic E-state index is 9.46. The number of aliphatic hydroxyl groups is 1. The molecule has 2 aromatic carbocycles. The zero-order valence-corrected chi connectivity index (χ0v) is 15.9. The van der Waals surface area contributed by atoms with Crippen LogP contribution in [0.3, 0.4) is 0 Å². The molecule has 0 saturated heterocycles. The van der Waals surface area contributed by atoms with E-state index in [1.54, 1.807) is 0 Å². The maximum absolute atomic E-state index is 9.46. The molecular weight excluding hydrogens is 308 g/mol. The van der Waals surface area contributed by atoms with Gasteiger partial charge in [0.15, 0.2) is 0 Å². The summed E-state index contributed by atoms with van der Waals surface area (Å²) in [5.41, 5.74) is 2.23. The lowest BCUT2D eigenvalue weighted by Crippen LogP contribution is -2.55. The molecule has 0 spiro atoms. The van der Waals surface area contributed by atoms with Crippen molar-refractivity contribution < 1.29 is 5.11 Å². The molecule has 136 valence electrons. The van der Waals surface area contributed by atoms with Gasteiger partial charge in [-0.25, -0.2) is 0 Å². The number of hydrogen-bond donors (Lipinski definition) is 3. The average molecular weight is 341 g/mol. The SMILES string of the molecule is CC(C)(CO)NCC(C)(C)N[C@H](Cc1ccccc1)c1ccccc1. The van der Waals surface area contributed by atoms with Gasteiger partial charge >= 0.3 is 0 Å². The Bertz CT molecular complexity index is 623. The van der Waals surface area contributed by atoms with Gasteiger partial charge < -0.3 is 15.7 Å². The highest BCUT2D eigenvalue weighted by molar-refractivity contribution is 5.24. The second-order valence-electron chi connectivity index (χ2n) is 8.08. The van der Waals surface area contributed by atoms with Crippen LogP contribution in [0, 0.1) is 0 Å². The highest BCUT2D eigenvalue weighted by atomic mass is 16.3. The number of hydrogen-bond acceptors (Lipinski definition) is 3. The van der Waals surface area contributed by atoms with Crippen LogP contribution in [-0.2, 0) is 6.42 Å². The molecule has 0 saturated carbocycles. The third kappa shape index (κ3) is 6.62. The number of rotatable bonds is 9. The molecule has 0 aliphatic heterocycles. The molecule has 0 fully saturated rings. The predicted octanol–water partition coefficient (Wildman–Crippen LogP) is 3.70. The molecule has 0 amide bonds. The monoisotopic (exact) mass is 340 g/mol. The van der Waals surface area contributed by atoms with E-state index in [4.69, 9.17) is 0 Å². The van der Waals surface area contributed by atoms with E-state index in [9.17, 15) is 5.11 Å². The van der Waals surface area contributed by atoms with Gasteiger partial charge in [-0.2, -0.15) is 0 Å². The third-order valence-electron chi connectivity index (χ3n) is 4.45. The molecule has 1 atom stereocenters. The first-order chi connectivity index (χ1) is 11.8. The summed E-state index contributed by atoms with van der Waals surface area (Å²) in [6, 6.07) is 21.4.